The van der Waals surface area contributed by atoms with E-state index in [0.29, 0.717) is 30.2 Å². The second kappa shape index (κ2) is 6.74. The summed E-state index contributed by atoms with van der Waals surface area (Å²) < 4.78 is 5.57. The van der Waals surface area contributed by atoms with Crippen LogP contribution < -0.4 is 15.8 Å². The fourth-order valence-corrected chi connectivity index (χ4v) is 1.83. The summed E-state index contributed by atoms with van der Waals surface area (Å²) in [5.41, 5.74) is 7.50. The highest BCUT2D eigenvalue weighted by Crippen LogP contribution is 2.24. The first-order valence-corrected chi connectivity index (χ1v) is 6.75. The van der Waals surface area contributed by atoms with E-state index in [1.807, 2.05) is 32.0 Å². The lowest BCUT2D eigenvalue weighted by Gasteiger charge is -2.13. The molecule has 1 amide bonds. The molecule has 1 aromatic heterocycles. The molecule has 7 heteroatoms. The summed E-state index contributed by atoms with van der Waals surface area (Å²) in [4.78, 5) is 15.6. The van der Waals surface area contributed by atoms with Crippen LogP contribution in [0.15, 0.2) is 24.5 Å². The second-order valence-corrected chi connectivity index (χ2v) is 4.92. The van der Waals surface area contributed by atoms with Crippen molar-refractivity contribution >= 4 is 17.5 Å². The van der Waals surface area contributed by atoms with Crippen molar-refractivity contribution in [2.45, 2.75) is 32.8 Å². The Balaban J connectivity index is 1.88. The molecule has 21 heavy (non-hydrogen) atoms. The van der Waals surface area contributed by atoms with Gasteiger partial charge in [-0.3, -0.25) is 10.1 Å². The Morgan fingerprint density at radius 1 is 1.48 bits per heavy atom. The van der Waals surface area contributed by atoms with Gasteiger partial charge in [-0.25, -0.2) is 5.10 Å². The Morgan fingerprint density at radius 3 is 2.90 bits per heavy atom. The number of nitrogens with one attached hydrogen (secondary N) is 2. The van der Waals surface area contributed by atoms with Gasteiger partial charge in [0.05, 0.1) is 11.8 Å². The van der Waals surface area contributed by atoms with Gasteiger partial charge in [-0.15, -0.1) is 0 Å². The third-order valence-electron chi connectivity index (χ3n) is 2.75. The highest BCUT2D eigenvalue weighted by Gasteiger charge is 2.07. The molecular weight excluding hydrogens is 270 g/mol. The molecule has 2 aromatic rings. The average Bonchev–Trinajstić information content (AvgIpc) is 2.91. The summed E-state index contributed by atoms with van der Waals surface area (Å²) in [6.07, 6.45) is 2.34. The standard InChI is InChI=1S/C14H19N5O2/c1-9(2)21-12-5-3-10(7-11(12)15)4-6-13(20)18-14-16-8-17-19-14/h3,5,7-9H,4,6,15H2,1-2H3,(H2,16,17,18,19,20). The maximum Gasteiger partial charge on any atom is 0.227 e. The van der Waals surface area contributed by atoms with Gasteiger partial charge < -0.3 is 10.5 Å². The Labute approximate surface area is 122 Å². The van der Waals surface area contributed by atoms with Crippen LogP contribution in [-0.4, -0.2) is 27.2 Å². The number of nitrogen functional groups attached to an aromatic ring is 1. The van der Waals surface area contributed by atoms with Crippen LogP contribution in [0.4, 0.5) is 11.6 Å². The molecule has 0 aliphatic rings. The number of aryl methyl sites for hydroxylation is 1. The van der Waals surface area contributed by atoms with Crippen LogP contribution in [0.25, 0.3) is 0 Å². The van der Waals surface area contributed by atoms with E-state index in [0.717, 1.165) is 5.56 Å². The molecule has 2 rings (SSSR count). The number of aromatic nitrogens is 3. The van der Waals surface area contributed by atoms with Crippen LogP contribution >= 0.6 is 0 Å². The van der Waals surface area contributed by atoms with E-state index >= 15 is 0 Å². The third-order valence-corrected chi connectivity index (χ3v) is 2.75. The molecule has 0 radical (unpaired) electrons. The van der Waals surface area contributed by atoms with Crippen LogP contribution in [0.2, 0.25) is 0 Å². The molecule has 0 atom stereocenters. The van der Waals surface area contributed by atoms with Gasteiger partial charge in [0.15, 0.2) is 0 Å². The van der Waals surface area contributed by atoms with Gasteiger partial charge in [0.2, 0.25) is 11.9 Å². The van der Waals surface area contributed by atoms with E-state index in [2.05, 4.69) is 20.5 Å². The van der Waals surface area contributed by atoms with Crippen molar-refractivity contribution in [1.29, 1.82) is 0 Å². The molecule has 0 fully saturated rings. The lowest BCUT2D eigenvalue weighted by molar-refractivity contribution is -0.116. The first kappa shape index (κ1) is 14.8. The van der Waals surface area contributed by atoms with E-state index in [9.17, 15) is 4.79 Å². The highest BCUT2D eigenvalue weighted by atomic mass is 16.5. The molecule has 0 saturated carbocycles. The fraction of sp³-hybridized carbons (Fsp3) is 0.357. The number of aromatic amines is 1. The zero-order chi connectivity index (χ0) is 15.2. The van der Waals surface area contributed by atoms with Gasteiger partial charge in [-0.2, -0.15) is 10.1 Å². The summed E-state index contributed by atoms with van der Waals surface area (Å²) in [6, 6.07) is 5.58. The minimum Gasteiger partial charge on any atom is -0.489 e. The molecular formula is C14H19N5O2. The van der Waals surface area contributed by atoms with Crippen LogP contribution in [-0.2, 0) is 11.2 Å². The first-order valence-electron chi connectivity index (χ1n) is 6.75. The summed E-state index contributed by atoms with van der Waals surface area (Å²) in [7, 11) is 0. The topological polar surface area (TPSA) is 106 Å². The summed E-state index contributed by atoms with van der Waals surface area (Å²) in [5.74, 6) is 0.882. The van der Waals surface area contributed by atoms with Gasteiger partial charge in [-0.1, -0.05) is 6.07 Å². The zero-order valence-corrected chi connectivity index (χ0v) is 12.1. The Bertz CT molecular complexity index is 595. The molecule has 1 heterocycles. The van der Waals surface area contributed by atoms with Gasteiger partial charge in [0.25, 0.3) is 0 Å². The third kappa shape index (κ3) is 4.48. The monoisotopic (exact) mass is 289 g/mol. The lowest BCUT2D eigenvalue weighted by Crippen LogP contribution is -2.13. The van der Waals surface area contributed by atoms with E-state index in [-0.39, 0.29) is 12.0 Å². The Morgan fingerprint density at radius 2 is 2.29 bits per heavy atom. The Kier molecular flexibility index (Phi) is 4.76. The van der Waals surface area contributed by atoms with E-state index < -0.39 is 0 Å². The number of anilines is 2. The van der Waals surface area contributed by atoms with Crippen molar-refractivity contribution < 1.29 is 9.53 Å². The average molecular weight is 289 g/mol. The maximum atomic E-state index is 11.7. The summed E-state index contributed by atoms with van der Waals surface area (Å²) >= 11 is 0. The molecule has 0 aliphatic heterocycles. The number of nitrogens with zero attached hydrogens (tertiary/aromatic N) is 2. The van der Waals surface area contributed by atoms with Gasteiger partial charge >= 0.3 is 0 Å². The van der Waals surface area contributed by atoms with E-state index in [1.165, 1.54) is 6.33 Å². The van der Waals surface area contributed by atoms with Crippen molar-refractivity contribution in [2.75, 3.05) is 11.1 Å². The van der Waals surface area contributed by atoms with Crippen LogP contribution in [0.3, 0.4) is 0 Å². The molecule has 0 aliphatic carbocycles. The number of nitrogens with two attached hydrogens (primary N) is 1. The van der Waals surface area contributed by atoms with Crippen LogP contribution in [0.5, 0.6) is 5.75 Å². The maximum absolute atomic E-state index is 11.7. The number of benzene rings is 1. The second-order valence-electron chi connectivity index (χ2n) is 4.92. The fourth-order valence-electron chi connectivity index (χ4n) is 1.83. The molecule has 0 bridgehead atoms. The number of ether oxygens (including phenoxy) is 1. The van der Waals surface area contributed by atoms with Crippen LogP contribution in [0, 0.1) is 0 Å². The molecule has 7 nitrogen and oxygen atoms in total. The smallest absolute Gasteiger partial charge is 0.227 e. The van der Waals surface area contributed by atoms with E-state index in [4.69, 9.17) is 10.5 Å². The zero-order valence-electron chi connectivity index (χ0n) is 12.1. The summed E-state index contributed by atoms with van der Waals surface area (Å²) in [5, 5.41) is 8.85. The SMILES string of the molecule is CC(C)Oc1ccc(CCC(=O)Nc2ncn[nH]2)cc1N. The highest BCUT2D eigenvalue weighted by molar-refractivity contribution is 5.88. The van der Waals surface area contributed by atoms with Crippen molar-refractivity contribution in [3.8, 4) is 5.75 Å². The number of carbonyl (C=O) groups is 1. The van der Waals surface area contributed by atoms with E-state index in [1.54, 1.807) is 0 Å². The minimum absolute atomic E-state index is 0.0748. The first-order chi connectivity index (χ1) is 10.0. The number of hydrogen-bond acceptors (Lipinski definition) is 5. The van der Waals surface area contributed by atoms with Gasteiger partial charge in [-0.05, 0) is 38.0 Å². The van der Waals surface area contributed by atoms with Crippen molar-refractivity contribution in [1.82, 2.24) is 15.2 Å². The quantitative estimate of drug-likeness (QED) is 0.702. The van der Waals surface area contributed by atoms with Crippen molar-refractivity contribution in [3.63, 3.8) is 0 Å². The van der Waals surface area contributed by atoms with Crippen LogP contribution in [0.1, 0.15) is 25.8 Å². The molecule has 0 saturated heterocycles. The summed E-state index contributed by atoms with van der Waals surface area (Å²) in [6.45, 7) is 3.89. The molecule has 1 aromatic carbocycles. The van der Waals surface area contributed by atoms with Crippen molar-refractivity contribution in [3.05, 3.63) is 30.1 Å². The largest absolute Gasteiger partial charge is 0.489 e. The molecule has 0 spiro atoms. The normalized spacial score (nSPS) is 10.6. The number of H-pyrrole nitrogens is 1. The predicted molar refractivity (Wildman–Crippen MR) is 80.0 cm³/mol. The lowest BCUT2D eigenvalue weighted by atomic mass is 10.1. The predicted octanol–water partition coefficient (Wildman–Crippen LogP) is 1.75. The number of rotatable bonds is 6. The minimum atomic E-state index is -0.132. The Hall–Kier alpha value is -2.57. The van der Waals surface area contributed by atoms with Crippen molar-refractivity contribution in [2.24, 2.45) is 0 Å². The number of hydrogen-bond donors (Lipinski definition) is 3. The van der Waals surface area contributed by atoms with Gasteiger partial charge in [0.1, 0.15) is 12.1 Å². The van der Waals surface area contributed by atoms with Gasteiger partial charge in [0, 0.05) is 6.42 Å². The molecule has 112 valence electrons. The number of amides is 1. The number of carbonyl (C=O) groups excluding carboxylic acids is 1. The molecule has 4 N–H and O–H groups in total. The molecule has 0 unspecified atom stereocenters.